The van der Waals surface area contributed by atoms with Gasteiger partial charge in [0.25, 0.3) is 0 Å². The number of aliphatic hydroxyl groups is 9. The summed E-state index contributed by atoms with van der Waals surface area (Å²) < 4.78 is 25.1. The summed E-state index contributed by atoms with van der Waals surface area (Å²) in [5.41, 5.74) is -1.71. The SMILES string of the molecule is CC(C)=CCC[C@](C)(O)[C@H]1CC[C@]2(C)[C@@H]1[C@H](O)C[C@@H]1[C@@]3(C)CC[C@H](O)C(C)(C)[C@@H]3[C@@H](O[C@@H]3OC(CO)[C@@H](O)[C@@H](O)C3O[C@@H]3OC(C)[C@H](O)[C@H](O)C3O)C[C@]12C. The van der Waals surface area contributed by atoms with E-state index in [9.17, 15) is 46.0 Å². The monoisotopic (exact) mass is 784 g/mol. The van der Waals surface area contributed by atoms with E-state index in [1.165, 1.54) is 12.5 Å². The van der Waals surface area contributed by atoms with E-state index in [0.717, 1.165) is 19.3 Å². The lowest BCUT2D eigenvalue weighted by atomic mass is 9.34. The Balaban J connectivity index is 1.38. The minimum Gasteiger partial charge on any atom is -0.394 e. The van der Waals surface area contributed by atoms with E-state index in [0.29, 0.717) is 32.1 Å². The molecule has 4 saturated carbocycles. The van der Waals surface area contributed by atoms with Crippen LogP contribution in [0.15, 0.2) is 11.6 Å². The van der Waals surface area contributed by atoms with Crippen molar-refractivity contribution in [3.05, 3.63) is 11.6 Å². The Bertz CT molecular complexity index is 1390. The number of fused-ring (bicyclic) bond motifs is 5. The zero-order valence-electron chi connectivity index (χ0n) is 34.4. The van der Waals surface area contributed by atoms with E-state index in [1.54, 1.807) is 0 Å². The lowest BCUT2D eigenvalue weighted by Crippen LogP contribution is -2.71. The van der Waals surface area contributed by atoms with Crippen molar-refractivity contribution in [2.45, 2.75) is 199 Å². The van der Waals surface area contributed by atoms with Gasteiger partial charge >= 0.3 is 0 Å². The zero-order chi connectivity index (χ0) is 40.8. The lowest BCUT2D eigenvalue weighted by molar-refractivity contribution is -0.382. The smallest absolute Gasteiger partial charge is 0.187 e. The molecule has 6 aliphatic rings. The van der Waals surface area contributed by atoms with E-state index < -0.39 is 114 Å². The molecule has 2 saturated heterocycles. The van der Waals surface area contributed by atoms with E-state index in [2.05, 4.69) is 40.7 Å². The second-order valence-corrected chi connectivity index (χ2v) is 20.3. The molecule has 0 radical (unpaired) electrons. The summed E-state index contributed by atoms with van der Waals surface area (Å²) in [4.78, 5) is 0. The second-order valence-electron chi connectivity index (χ2n) is 20.3. The summed E-state index contributed by atoms with van der Waals surface area (Å²) in [6.07, 6.45) is -8.99. The summed E-state index contributed by atoms with van der Waals surface area (Å²) in [5, 5.41) is 100. The van der Waals surface area contributed by atoms with Gasteiger partial charge in [-0.2, -0.15) is 0 Å². The van der Waals surface area contributed by atoms with Crippen molar-refractivity contribution < 1.29 is 64.9 Å². The van der Waals surface area contributed by atoms with Gasteiger partial charge in [0.1, 0.15) is 42.7 Å². The number of aliphatic hydroxyl groups excluding tert-OH is 8. The van der Waals surface area contributed by atoms with Crippen LogP contribution < -0.4 is 0 Å². The molecule has 21 atom stereocenters. The lowest BCUT2D eigenvalue weighted by Gasteiger charge is -2.72. The van der Waals surface area contributed by atoms with Crippen LogP contribution in [0.4, 0.5) is 0 Å². The van der Waals surface area contributed by atoms with E-state index in [4.69, 9.17) is 18.9 Å². The highest BCUT2D eigenvalue weighted by molar-refractivity contribution is 5.22. The van der Waals surface area contributed by atoms with Crippen molar-refractivity contribution in [1.29, 1.82) is 0 Å². The highest BCUT2D eigenvalue weighted by Crippen LogP contribution is 2.76. The van der Waals surface area contributed by atoms with Gasteiger partial charge in [-0.3, -0.25) is 0 Å². The minimum atomic E-state index is -1.70. The molecule has 6 fully saturated rings. The molecule has 0 amide bonds. The maximum Gasteiger partial charge on any atom is 0.187 e. The Morgan fingerprint density at radius 1 is 0.818 bits per heavy atom. The van der Waals surface area contributed by atoms with Crippen molar-refractivity contribution >= 4 is 0 Å². The largest absolute Gasteiger partial charge is 0.394 e. The molecule has 4 aliphatic carbocycles. The first-order chi connectivity index (χ1) is 25.5. The van der Waals surface area contributed by atoms with Crippen molar-refractivity contribution in [1.82, 2.24) is 0 Å². The van der Waals surface area contributed by atoms with Gasteiger partial charge in [0.05, 0.1) is 36.6 Å². The highest BCUT2D eigenvalue weighted by Gasteiger charge is 2.73. The van der Waals surface area contributed by atoms with Crippen LogP contribution in [0, 0.1) is 45.3 Å². The van der Waals surface area contributed by atoms with Crippen molar-refractivity contribution in [3.8, 4) is 0 Å². The Morgan fingerprint density at radius 2 is 1.49 bits per heavy atom. The van der Waals surface area contributed by atoms with Gasteiger partial charge in [-0.15, -0.1) is 0 Å². The van der Waals surface area contributed by atoms with Gasteiger partial charge in [0, 0.05) is 0 Å². The zero-order valence-corrected chi connectivity index (χ0v) is 34.4. The third-order valence-corrected chi connectivity index (χ3v) is 16.5. The molecule has 6 rings (SSSR count). The predicted molar refractivity (Wildman–Crippen MR) is 201 cm³/mol. The molecule has 9 N–H and O–H groups in total. The average molecular weight is 785 g/mol. The molecule has 13 nitrogen and oxygen atoms in total. The summed E-state index contributed by atoms with van der Waals surface area (Å²) in [6, 6.07) is 0. The summed E-state index contributed by atoms with van der Waals surface area (Å²) in [7, 11) is 0. The first kappa shape index (κ1) is 43.8. The van der Waals surface area contributed by atoms with Crippen LogP contribution in [0.5, 0.6) is 0 Å². The van der Waals surface area contributed by atoms with E-state index in [-0.39, 0.29) is 23.7 Å². The Morgan fingerprint density at radius 3 is 2.13 bits per heavy atom. The molecule has 0 aromatic rings. The van der Waals surface area contributed by atoms with Crippen LogP contribution in [-0.4, -0.2) is 138 Å². The molecular formula is C42H72O13. The van der Waals surface area contributed by atoms with Gasteiger partial charge in [0.2, 0.25) is 0 Å². The van der Waals surface area contributed by atoms with Crippen molar-refractivity contribution in [2.75, 3.05) is 6.61 Å². The fraction of sp³-hybridized carbons (Fsp3) is 0.952. The van der Waals surface area contributed by atoms with Crippen LogP contribution in [0.3, 0.4) is 0 Å². The fourth-order valence-electron chi connectivity index (χ4n) is 13.3. The quantitative estimate of drug-likeness (QED) is 0.121. The topological polar surface area (TPSA) is 219 Å². The van der Waals surface area contributed by atoms with Crippen LogP contribution in [0.2, 0.25) is 0 Å². The average Bonchev–Trinajstić information content (AvgIpc) is 3.49. The van der Waals surface area contributed by atoms with Gasteiger partial charge in [-0.1, -0.05) is 46.3 Å². The number of ether oxygens (including phenoxy) is 4. The number of rotatable bonds is 9. The molecule has 0 aromatic carbocycles. The number of allylic oxidation sites excluding steroid dienone is 2. The molecule has 13 heteroatoms. The Kier molecular flexibility index (Phi) is 12.2. The fourth-order valence-corrected chi connectivity index (χ4v) is 13.3. The summed E-state index contributed by atoms with van der Waals surface area (Å²) in [6.45, 7) is 17.8. The van der Waals surface area contributed by atoms with E-state index >= 15 is 0 Å². The van der Waals surface area contributed by atoms with E-state index in [1.807, 2.05) is 20.8 Å². The molecule has 55 heavy (non-hydrogen) atoms. The maximum atomic E-state index is 12.3. The maximum absolute atomic E-state index is 12.3. The number of hydrogen-bond donors (Lipinski definition) is 9. The third kappa shape index (κ3) is 7.10. The third-order valence-electron chi connectivity index (χ3n) is 16.5. The normalized spacial score (nSPS) is 53.4. The minimum absolute atomic E-state index is 0.0411. The molecule has 0 bridgehead atoms. The van der Waals surface area contributed by atoms with Gasteiger partial charge in [-0.25, -0.2) is 0 Å². The van der Waals surface area contributed by atoms with Crippen LogP contribution in [0.1, 0.15) is 114 Å². The van der Waals surface area contributed by atoms with Gasteiger partial charge < -0.3 is 64.9 Å². The Labute approximate surface area is 327 Å². The predicted octanol–water partition coefficient (Wildman–Crippen LogP) is 2.15. The van der Waals surface area contributed by atoms with Crippen molar-refractivity contribution in [2.24, 2.45) is 45.3 Å². The van der Waals surface area contributed by atoms with Gasteiger partial charge in [0.15, 0.2) is 12.6 Å². The molecule has 2 aliphatic heterocycles. The molecule has 0 aromatic heterocycles. The highest BCUT2D eigenvalue weighted by atomic mass is 16.8. The molecule has 0 spiro atoms. The standard InChI is InChI=1S/C42H72O13/c1-20(2)11-10-14-42(9,51)22-12-16-40(7)28(22)23(44)17-26-39(6)15-13-27(45)38(4,5)35(39)24(18-41(26,40)8)53-37-34(32(49)30(47)25(19-43)54-37)55-36-33(50)31(48)29(46)21(3)52-36/h11,21-37,43-51H,10,12-19H2,1-9H3/t21?,22-,23+,24-,25?,26+,27-,28-,29-,30+,31-,32+,33?,34?,35-,36-,37+,39+,40+,41+,42-/m0/s1. The second kappa shape index (κ2) is 15.4. The first-order valence-electron chi connectivity index (χ1n) is 20.8. The molecule has 318 valence electrons. The van der Waals surface area contributed by atoms with Crippen LogP contribution in [-0.2, 0) is 18.9 Å². The molecule has 4 unspecified atom stereocenters. The van der Waals surface area contributed by atoms with Crippen LogP contribution in [0.25, 0.3) is 0 Å². The van der Waals surface area contributed by atoms with Crippen molar-refractivity contribution in [3.63, 3.8) is 0 Å². The summed E-state index contributed by atoms with van der Waals surface area (Å²) >= 11 is 0. The number of hydrogen-bond acceptors (Lipinski definition) is 13. The Hall–Kier alpha value is -0.780. The molecule has 2 heterocycles. The first-order valence-corrected chi connectivity index (χ1v) is 20.8. The van der Waals surface area contributed by atoms with Crippen LogP contribution >= 0.6 is 0 Å². The molecular weight excluding hydrogens is 712 g/mol. The van der Waals surface area contributed by atoms with Gasteiger partial charge in [-0.05, 0) is 124 Å². The summed E-state index contributed by atoms with van der Waals surface area (Å²) in [5.74, 6) is -0.526.